The van der Waals surface area contributed by atoms with Crippen molar-refractivity contribution in [2.45, 2.75) is 89.5 Å². The fourth-order valence-electron chi connectivity index (χ4n) is 5.45. The van der Waals surface area contributed by atoms with Gasteiger partial charge in [0.25, 0.3) is 0 Å². The predicted octanol–water partition coefficient (Wildman–Crippen LogP) is 4.97. The average Bonchev–Trinajstić information content (AvgIpc) is 3.29. The maximum absolute atomic E-state index is 3.88. The van der Waals surface area contributed by atoms with Gasteiger partial charge in [-0.05, 0) is 69.6 Å². The van der Waals surface area contributed by atoms with Crippen LogP contribution < -0.4 is 5.32 Å². The van der Waals surface area contributed by atoms with E-state index in [0.717, 1.165) is 11.5 Å². The van der Waals surface area contributed by atoms with Crippen LogP contribution in [0.2, 0.25) is 0 Å². The van der Waals surface area contributed by atoms with Crippen molar-refractivity contribution in [1.29, 1.82) is 0 Å². The van der Waals surface area contributed by atoms with Crippen molar-refractivity contribution >= 4 is 0 Å². The molecular weight excluding hydrogens is 242 g/mol. The van der Waals surface area contributed by atoms with Gasteiger partial charge in [0.1, 0.15) is 0 Å². The van der Waals surface area contributed by atoms with Gasteiger partial charge in [-0.3, -0.25) is 0 Å². The van der Waals surface area contributed by atoms with Crippen LogP contribution in [-0.2, 0) is 0 Å². The van der Waals surface area contributed by atoms with Crippen LogP contribution in [0.4, 0.5) is 0 Å². The molecule has 0 aromatic heterocycles. The van der Waals surface area contributed by atoms with E-state index in [1.165, 1.54) is 90.0 Å². The molecule has 1 N–H and O–H groups in total. The lowest BCUT2D eigenvalue weighted by molar-refractivity contribution is -0.0438. The minimum atomic E-state index is 0.584. The summed E-state index contributed by atoms with van der Waals surface area (Å²) in [7, 11) is 0. The summed E-state index contributed by atoms with van der Waals surface area (Å²) in [5.74, 6) is 0. The number of allylic oxidation sites excluding steroid dienone is 1. The summed E-state index contributed by atoms with van der Waals surface area (Å²) in [5.41, 5.74) is 3.20. The van der Waals surface area contributed by atoms with Crippen LogP contribution in [0.15, 0.2) is 11.6 Å². The number of rotatable bonds is 4. The molecule has 1 spiro atoms. The lowest BCUT2D eigenvalue weighted by Gasteiger charge is -2.60. The fourth-order valence-corrected chi connectivity index (χ4v) is 5.45. The van der Waals surface area contributed by atoms with E-state index in [0.29, 0.717) is 5.41 Å². The van der Waals surface area contributed by atoms with E-state index in [4.69, 9.17) is 0 Å². The van der Waals surface area contributed by atoms with Gasteiger partial charge in [0, 0.05) is 18.0 Å². The highest BCUT2D eigenvalue weighted by atomic mass is 15.0. The van der Waals surface area contributed by atoms with E-state index in [9.17, 15) is 0 Å². The molecule has 0 aliphatic heterocycles. The highest BCUT2D eigenvalue weighted by molar-refractivity contribution is 5.25. The molecule has 0 amide bonds. The molecule has 1 heteroatoms. The van der Waals surface area contributed by atoms with Crippen molar-refractivity contribution in [3.63, 3.8) is 0 Å². The van der Waals surface area contributed by atoms with Crippen LogP contribution in [0, 0.1) is 10.8 Å². The van der Waals surface area contributed by atoms with Crippen molar-refractivity contribution in [3.8, 4) is 0 Å². The highest BCUT2D eigenvalue weighted by Crippen LogP contribution is 2.64. The molecular formula is C19H31N. The van der Waals surface area contributed by atoms with Crippen LogP contribution in [0.1, 0.15) is 83.5 Å². The van der Waals surface area contributed by atoms with Crippen molar-refractivity contribution in [3.05, 3.63) is 11.6 Å². The van der Waals surface area contributed by atoms with Crippen molar-refractivity contribution in [2.24, 2.45) is 10.8 Å². The van der Waals surface area contributed by atoms with Crippen LogP contribution in [-0.4, -0.2) is 12.6 Å². The first-order chi connectivity index (χ1) is 9.80. The topological polar surface area (TPSA) is 12.0 Å². The number of hydrogen-bond acceptors (Lipinski definition) is 1. The minimum absolute atomic E-state index is 0.584. The Morgan fingerprint density at radius 3 is 2.45 bits per heavy atom. The normalized spacial score (nSPS) is 31.7. The van der Waals surface area contributed by atoms with Crippen LogP contribution >= 0.6 is 0 Å². The average molecular weight is 273 g/mol. The molecule has 0 atom stereocenters. The summed E-state index contributed by atoms with van der Waals surface area (Å²) in [6.45, 7) is 1.30. The number of nitrogens with one attached hydrogen (secondary N) is 1. The molecule has 4 rings (SSSR count). The van der Waals surface area contributed by atoms with Crippen molar-refractivity contribution in [1.82, 2.24) is 5.32 Å². The Morgan fingerprint density at radius 1 is 1.00 bits per heavy atom. The maximum Gasteiger partial charge on any atom is 0.00685 e. The molecule has 0 aromatic carbocycles. The summed E-state index contributed by atoms with van der Waals surface area (Å²) in [6.07, 6.45) is 21.7. The Labute approximate surface area is 124 Å². The largest absolute Gasteiger partial charge is 0.313 e. The molecule has 4 aliphatic carbocycles. The molecule has 3 saturated carbocycles. The zero-order valence-corrected chi connectivity index (χ0v) is 13.1. The van der Waals surface area contributed by atoms with Crippen LogP contribution in [0.5, 0.6) is 0 Å². The summed E-state index contributed by atoms with van der Waals surface area (Å²) in [5, 5.41) is 3.88. The Bertz CT molecular complexity index is 377. The van der Waals surface area contributed by atoms with Gasteiger partial charge in [-0.15, -0.1) is 0 Å². The lowest BCUT2D eigenvalue weighted by Crippen LogP contribution is -2.53. The van der Waals surface area contributed by atoms with Gasteiger partial charge in [-0.2, -0.15) is 0 Å². The third kappa shape index (κ3) is 2.47. The van der Waals surface area contributed by atoms with Gasteiger partial charge in [0.05, 0.1) is 0 Å². The second-order valence-electron chi connectivity index (χ2n) is 8.32. The molecule has 0 saturated heterocycles. The van der Waals surface area contributed by atoms with Gasteiger partial charge in [0.15, 0.2) is 0 Å². The highest BCUT2D eigenvalue weighted by Gasteiger charge is 2.55. The van der Waals surface area contributed by atoms with E-state index in [1.54, 1.807) is 0 Å². The molecule has 0 bridgehead atoms. The molecule has 0 aromatic rings. The molecule has 112 valence electrons. The third-order valence-electron chi connectivity index (χ3n) is 6.62. The molecule has 0 unspecified atom stereocenters. The van der Waals surface area contributed by atoms with E-state index in [1.807, 2.05) is 5.57 Å². The standard InChI is InChI=1S/C19H31N/c1-3-7-16(8-4-1)19(15-20-17-9-10-17)13-18(14-19)11-5-2-6-12-18/h7,17,20H,1-6,8-15H2. The van der Waals surface area contributed by atoms with Gasteiger partial charge in [-0.1, -0.05) is 30.9 Å². The minimum Gasteiger partial charge on any atom is -0.313 e. The van der Waals surface area contributed by atoms with Gasteiger partial charge >= 0.3 is 0 Å². The Kier molecular flexibility index (Phi) is 3.45. The number of hydrogen-bond donors (Lipinski definition) is 1. The van der Waals surface area contributed by atoms with Gasteiger partial charge in [0.2, 0.25) is 0 Å². The lowest BCUT2D eigenvalue weighted by atomic mass is 9.45. The molecule has 4 aliphatic rings. The van der Waals surface area contributed by atoms with E-state index >= 15 is 0 Å². The Balaban J connectivity index is 1.47. The van der Waals surface area contributed by atoms with E-state index in [2.05, 4.69) is 11.4 Å². The molecule has 20 heavy (non-hydrogen) atoms. The van der Waals surface area contributed by atoms with Gasteiger partial charge < -0.3 is 5.32 Å². The first kappa shape index (κ1) is 13.4. The predicted molar refractivity (Wildman–Crippen MR) is 84.8 cm³/mol. The fraction of sp³-hybridized carbons (Fsp3) is 0.895. The zero-order chi connectivity index (χ0) is 13.5. The monoisotopic (exact) mass is 273 g/mol. The molecule has 3 fully saturated rings. The molecule has 1 nitrogen and oxygen atoms in total. The molecule has 0 radical (unpaired) electrons. The first-order valence-electron chi connectivity index (χ1n) is 9.23. The third-order valence-corrected chi connectivity index (χ3v) is 6.62. The zero-order valence-electron chi connectivity index (χ0n) is 13.1. The van der Waals surface area contributed by atoms with Crippen LogP contribution in [0.3, 0.4) is 0 Å². The Morgan fingerprint density at radius 2 is 1.80 bits per heavy atom. The first-order valence-corrected chi connectivity index (χ1v) is 9.23. The summed E-state index contributed by atoms with van der Waals surface area (Å²) >= 11 is 0. The van der Waals surface area contributed by atoms with Gasteiger partial charge in [-0.25, -0.2) is 0 Å². The maximum atomic E-state index is 3.88. The second-order valence-corrected chi connectivity index (χ2v) is 8.32. The SMILES string of the molecule is C1=C(C2(CNC3CC3)CC3(CCCCC3)C2)CCCC1. The summed E-state index contributed by atoms with van der Waals surface area (Å²) in [6, 6.07) is 0.874. The Hall–Kier alpha value is -0.300. The van der Waals surface area contributed by atoms with Crippen molar-refractivity contribution in [2.75, 3.05) is 6.54 Å². The quantitative estimate of drug-likeness (QED) is 0.713. The van der Waals surface area contributed by atoms with Crippen molar-refractivity contribution < 1.29 is 0 Å². The second kappa shape index (κ2) is 5.16. The smallest absolute Gasteiger partial charge is 0.00685 e. The molecule has 0 heterocycles. The summed E-state index contributed by atoms with van der Waals surface area (Å²) < 4.78 is 0. The van der Waals surface area contributed by atoms with E-state index < -0.39 is 0 Å². The summed E-state index contributed by atoms with van der Waals surface area (Å²) in [4.78, 5) is 0. The van der Waals surface area contributed by atoms with E-state index in [-0.39, 0.29) is 0 Å². The van der Waals surface area contributed by atoms with Crippen LogP contribution in [0.25, 0.3) is 0 Å².